The number of primary sulfonamides is 1. The average Bonchev–Trinajstić information content (AvgIpc) is 2.94. The predicted octanol–water partition coefficient (Wildman–Crippen LogP) is 1.28. The monoisotopic (exact) mass is 323 g/mol. The number of hydrogen-bond acceptors (Lipinski definition) is 5. The molecule has 8 heteroatoms. The summed E-state index contributed by atoms with van der Waals surface area (Å²) in [5, 5.41) is 16.4. The van der Waals surface area contributed by atoms with Gasteiger partial charge in [0.15, 0.2) is 0 Å². The Morgan fingerprint density at radius 3 is 2.59 bits per heavy atom. The van der Waals surface area contributed by atoms with Gasteiger partial charge in [-0.3, -0.25) is 4.79 Å². The highest BCUT2D eigenvalue weighted by Crippen LogP contribution is 2.19. The molecule has 1 aliphatic carbocycles. The molecule has 1 aromatic heterocycles. The number of sulfonamides is 1. The van der Waals surface area contributed by atoms with Crippen molar-refractivity contribution in [3.8, 4) is 6.07 Å². The van der Waals surface area contributed by atoms with Gasteiger partial charge in [-0.05, 0) is 25.0 Å². The molecule has 118 valence electrons. The van der Waals surface area contributed by atoms with Gasteiger partial charge < -0.3 is 9.73 Å². The third-order valence-corrected chi connectivity index (χ3v) is 4.25. The van der Waals surface area contributed by atoms with Gasteiger partial charge in [0.2, 0.25) is 5.09 Å². The second-order valence-corrected chi connectivity index (χ2v) is 6.67. The molecule has 0 aromatic carbocycles. The molecule has 1 fully saturated rings. The molecular weight excluding hydrogens is 306 g/mol. The van der Waals surface area contributed by atoms with Crippen LogP contribution < -0.4 is 10.5 Å². The van der Waals surface area contributed by atoms with E-state index in [0.717, 1.165) is 32.1 Å². The van der Waals surface area contributed by atoms with Crippen LogP contribution in [0.5, 0.6) is 0 Å². The molecule has 3 N–H and O–H groups in total. The first kappa shape index (κ1) is 16.3. The van der Waals surface area contributed by atoms with Crippen LogP contribution in [0.25, 0.3) is 6.08 Å². The van der Waals surface area contributed by atoms with Gasteiger partial charge in [-0.15, -0.1) is 0 Å². The van der Waals surface area contributed by atoms with Crippen molar-refractivity contribution in [1.29, 1.82) is 5.26 Å². The summed E-state index contributed by atoms with van der Waals surface area (Å²) < 4.78 is 27.2. The lowest BCUT2D eigenvalue weighted by Crippen LogP contribution is -2.36. The van der Waals surface area contributed by atoms with E-state index in [4.69, 9.17) is 14.8 Å². The van der Waals surface area contributed by atoms with E-state index < -0.39 is 21.0 Å². The molecule has 1 saturated carbocycles. The number of amides is 1. The van der Waals surface area contributed by atoms with Crippen LogP contribution in [0.3, 0.4) is 0 Å². The van der Waals surface area contributed by atoms with Gasteiger partial charge in [-0.25, -0.2) is 13.6 Å². The number of carbonyl (C=O) groups is 1. The zero-order valence-corrected chi connectivity index (χ0v) is 12.7. The van der Waals surface area contributed by atoms with E-state index in [1.165, 1.54) is 18.2 Å². The lowest BCUT2D eigenvalue weighted by Gasteiger charge is -2.22. The number of nitrogens with zero attached hydrogens (tertiary/aromatic N) is 1. The van der Waals surface area contributed by atoms with E-state index >= 15 is 0 Å². The number of nitriles is 1. The van der Waals surface area contributed by atoms with Crippen molar-refractivity contribution >= 4 is 22.0 Å². The van der Waals surface area contributed by atoms with Crippen LogP contribution in [0.1, 0.15) is 37.9 Å². The van der Waals surface area contributed by atoms with Crippen LogP contribution in [0.15, 0.2) is 27.2 Å². The first-order chi connectivity index (χ1) is 10.4. The molecule has 7 nitrogen and oxygen atoms in total. The van der Waals surface area contributed by atoms with Gasteiger partial charge in [0, 0.05) is 12.1 Å². The van der Waals surface area contributed by atoms with Crippen molar-refractivity contribution in [3.05, 3.63) is 23.5 Å². The van der Waals surface area contributed by atoms with E-state index in [9.17, 15) is 13.2 Å². The zero-order valence-electron chi connectivity index (χ0n) is 11.9. The number of hydrogen-bond donors (Lipinski definition) is 2. The van der Waals surface area contributed by atoms with E-state index in [-0.39, 0.29) is 17.4 Å². The van der Waals surface area contributed by atoms with Gasteiger partial charge in [0.25, 0.3) is 15.9 Å². The Bertz CT molecular complexity index is 722. The van der Waals surface area contributed by atoms with Crippen LogP contribution in [-0.2, 0) is 14.8 Å². The van der Waals surface area contributed by atoms with Crippen molar-refractivity contribution in [2.24, 2.45) is 5.14 Å². The normalized spacial score (nSPS) is 17.0. The summed E-state index contributed by atoms with van der Waals surface area (Å²) in [7, 11) is -3.95. The predicted molar refractivity (Wildman–Crippen MR) is 78.7 cm³/mol. The minimum Gasteiger partial charge on any atom is -0.444 e. The Labute approximate surface area is 128 Å². The summed E-state index contributed by atoms with van der Waals surface area (Å²) in [6.45, 7) is 0. The molecule has 0 atom stereocenters. The van der Waals surface area contributed by atoms with Crippen LogP contribution >= 0.6 is 0 Å². The Morgan fingerprint density at radius 1 is 1.36 bits per heavy atom. The quantitative estimate of drug-likeness (QED) is 0.637. The molecule has 0 unspecified atom stereocenters. The van der Waals surface area contributed by atoms with Gasteiger partial charge >= 0.3 is 0 Å². The molecule has 1 aromatic rings. The maximum Gasteiger partial charge on any atom is 0.271 e. The second kappa shape index (κ2) is 6.77. The van der Waals surface area contributed by atoms with E-state index in [2.05, 4.69) is 5.32 Å². The lowest BCUT2D eigenvalue weighted by molar-refractivity contribution is -0.117. The maximum atomic E-state index is 12.1. The molecule has 1 heterocycles. The first-order valence-electron chi connectivity index (χ1n) is 6.95. The van der Waals surface area contributed by atoms with Crippen molar-refractivity contribution in [2.45, 2.75) is 43.2 Å². The minimum absolute atomic E-state index is 0.0783. The molecular formula is C14H17N3O4S. The fraction of sp³-hybridized carbons (Fsp3) is 0.429. The van der Waals surface area contributed by atoms with E-state index in [1.54, 1.807) is 6.07 Å². The summed E-state index contributed by atoms with van der Waals surface area (Å²) >= 11 is 0. The highest BCUT2D eigenvalue weighted by atomic mass is 32.2. The summed E-state index contributed by atoms with van der Waals surface area (Å²) in [5.41, 5.74) is -0.138. The standard InChI is InChI=1S/C14H17N3O4S/c15-9-10(14(18)17-11-4-2-1-3-5-11)8-12-6-7-13(21-12)22(16,19)20/h6-8,11H,1-5H2,(H,17,18)(H2,16,19,20)/b10-8+. The number of nitrogens with one attached hydrogen (secondary N) is 1. The Hall–Kier alpha value is -2.11. The number of nitrogens with two attached hydrogens (primary N) is 1. The largest absolute Gasteiger partial charge is 0.444 e. The van der Waals surface area contributed by atoms with Crippen molar-refractivity contribution in [2.75, 3.05) is 0 Å². The van der Waals surface area contributed by atoms with Gasteiger partial charge in [-0.2, -0.15) is 5.26 Å². The molecule has 2 rings (SSSR count). The Kier molecular flexibility index (Phi) is 5.00. The molecule has 1 aliphatic rings. The summed E-state index contributed by atoms with van der Waals surface area (Å²) in [4.78, 5) is 12.1. The topological polar surface area (TPSA) is 126 Å². The molecule has 0 bridgehead atoms. The van der Waals surface area contributed by atoms with Gasteiger partial charge in [-0.1, -0.05) is 19.3 Å². The highest BCUT2D eigenvalue weighted by molar-refractivity contribution is 7.89. The molecule has 1 amide bonds. The molecule has 0 spiro atoms. The van der Waals surface area contributed by atoms with Crippen LogP contribution in [0.4, 0.5) is 0 Å². The summed E-state index contributed by atoms with van der Waals surface area (Å²) in [6.07, 6.45) is 6.29. The fourth-order valence-corrected chi connectivity index (χ4v) is 2.84. The summed E-state index contributed by atoms with van der Waals surface area (Å²) in [6, 6.07) is 4.39. The third kappa shape index (κ3) is 4.19. The lowest BCUT2D eigenvalue weighted by atomic mass is 9.95. The molecule has 0 aliphatic heterocycles. The molecule has 22 heavy (non-hydrogen) atoms. The van der Waals surface area contributed by atoms with Crippen molar-refractivity contribution in [3.63, 3.8) is 0 Å². The third-order valence-electron chi connectivity index (χ3n) is 3.47. The average molecular weight is 323 g/mol. The SMILES string of the molecule is N#C/C(=C\c1ccc(S(N)(=O)=O)o1)C(=O)NC1CCCCC1. The Morgan fingerprint density at radius 2 is 2.05 bits per heavy atom. The maximum absolute atomic E-state index is 12.1. The van der Waals surface area contributed by atoms with Crippen molar-refractivity contribution in [1.82, 2.24) is 5.32 Å². The van der Waals surface area contributed by atoms with Crippen molar-refractivity contribution < 1.29 is 17.6 Å². The fourth-order valence-electron chi connectivity index (χ4n) is 2.37. The van der Waals surface area contributed by atoms with E-state index in [1.807, 2.05) is 0 Å². The number of furan rings is 1. The summed E-state index contributed by atoms with van der Waals surface area (Å²) in [5.74, 6) is -0.401. The van der Waals surface area contributed by atoms with Gasteiger partial charge in [0.05, 0.1) is 0 Å². The highest BCUT2D eigenvalue weighted by Gasteiger charge is 2.19. The number of carbonyl (C=O) groups excluding carboxylic acids is 1. The minimum atomic E-state index is -3.95. The first-order valence-corrected chi connectivity index (χ1v) is 8.50. The van der Waals surface area contributed by atoms with Crippen LogP contribution in [-0.4, -0.2) is 20.4 Å². The van der Waals surface area contributed by atoms with Crippen LogP contribution in [0, 0.1) is 11.3 Å². The smallest absolute Gasteiger partial charge is 0.271 e. The molecule has 0 saturated heterocycles. The Balaban J connectivity index is 2.11. The molecule has 0 radical (unpaired) electrons. The van der Waals surface area contributed by atoms with Gasteiger partial charge in [0.1, 0.15) is 17.4 Å². The second-order valence-electron chi connectivity index (χ2n) is 5.18. The number of rotatable bonds is 4. The van der Waals surface area contributed by atoms with E-state index in [0.29, 0.717) is 0 Å². The zero-order chi connectivity index (χ0) is 16.2. The van der Waals surface area contributed by atoms with Crippen LogP contribution in [0.2, 0.25) is 0 Å².